The van der Waals surface area contributed by atoms with Gasteiger partial charge in [0.25, 0.3) is 5.56 Å². The Hall–Kier alpha value is -2.81. The molecule has 2 aromatic carbocycles. The number of pyridine rings is 1. The summed E-state index contributed by atoms with van der Waals surface area (Å²) in [4.78, 5) is 13.7. The SMILES string of the molecule is Cc1cc(C)c(-c2c(O)cc(C(C)(C)C)n(-c3ccccc3)c2=O)c(C)c1. The van der Waals surface area contributed by atoms with E-state index in [9.17, 15) is 9.90 Å². The standard InChI is InChI=1S/C24H27NO2/c1-15-12-16(2)21(17(3)13-15)22-19(26)14-20(24(4,5)6)25(23(22)27)18-10-8-7-9-11-18/h7-14,26H,1-6H3. The molecule has 0 aliphatic heterocycles. The number of aromatic hydroxyl groups is 1. The highest BCUT2D eigenvalue weighted by molar-refractivity contribution is 5.76. The fraction of sp³-hybridized carbons (Fsp3) is 0.292. The van der Waals surface area contributed by atoms with Gasteiger partial charge in [0.05, 0.1) is 5.56 Å². The molecule has 0 saturated carbocycles. The maximum absolute atomic E-state index is 13.7. The molecule has 27 heavy (non-hydrogen) atoms. The molecule has 0 aliphatic rings. The van der Waals surface area contributed by atoms with Gasteiger partial charge < -0.3 is 5.11 Å². The number of aromatic nitrogens is 1. The minimum Gasteiger partial charge on any atom is -0.507 e. The normalized spacial score (nSPS) is 11.6. The summed E-state index contributed by atoms with van der Waals surface area (Å²) >= 11 is 0. The first-order valence-corrected chi connectivity index (χ1v) is 9.24. The van der Waals surface area contributed by atoms with Gasteiger partial charge in [0.2, 0.25) is 0 Å². The minimum atomic E-state index is -0.303. The van der Waals surface area contributed by atoms with E-state index in [1.54, 1.807) is 10.6 Å². The Labute approximate surface area is 160 Å². The van der Waals surface area contributed by atoms with Crippen molar-refractivity contribution in [3.05, 3.63) is 81.3 Å². The number of nitrogens with zero attached hydrogens (tertiary/aromatic N) is 1. The average molecular weight is 361 g/mol. The van der Waals surface area contributed by atoms with Crippen LogP contribution in [0.25, 0.3) is 16.8 Å². The Morgan fingerprint density at radius 1 is 0.852 bits per heavy atom. The highest BCUT2D eigenvalue weighted by atomic mass is 16.3. The fourth-order valence-electron chi connectivity index (χ4n) is 3.79. The molecule has 0 amide bonds. The molecule has 0 radical (unpaired) electrons. The van der Waals surface area contributed by atoms with Crippen LogP contribution in [0.5, 0.6) is 5.75 Å². The van der Waals surface area contributed by atoms with E-state index in [1.807, 2.05) is 84.0 Å². The first kappa shape index (κ1) is 19.0. The Morgan fingerprint density at radius 3 is 1.93 bits per heavy atom. The number of hydrogen-bond acceptors (Lipinski definition) is 2. The summed E-state index contributed by atoms with van der Waals surface area (Å²) < 4.78 is 1.73. The third-order valence-corrected chi connectivity index (χ3v) is 4.90. The van der Waals surface area contributed by atoms with Crippen molar-refractivity contribution in [3.63, 3.8) is 0 Å². The molecule has 1 aromatic heterocycles. The summed E-state index contributed by atoms with van der Waals surface area (Å²) in [5.41, 5.74) is 5.38. The van der Waals surface area contributed by atoms with E-state index < -0.39 is 0 Å². The number of para-hydroxylation sites is 1. The molecule has 1 heterocycles. The van der Waals surface area contributed by atoms with E-state index >= 15 is 0 Å². The first-order valence-electron chi connectivity index (χ1n) is 9.24. The van der Waals surface area contributed by atoms with Crippen LogP contribution in [0.4, 0.5) is 0 Å². The minimum absolute atomic E-state index is 0.0344. The molecule has 3 aromatic rings. The fourth-order valence-corrected chi connectivity index (χ4v) is 3.79. The molecule has 0 bridgehead atoms. The van der Waals surface area contributed by atoms with Crippen molar-refractivity contribution in [2.24, 2.45) is 0 Å². The third kappa shape index (κ3) is 3.42. The van der Waals surface area contributed by atoms with Crippen LogP contribution in [-0.4, -0.2) is 9.67 Å². The number of rotatable bonds is 2. The van der Waals surface area contributed by atoms with Crippen LogP contribution in [-0.2, 0) is 5.41 Å². The van der Waals surface area contributed by atoms with E-state index in [1.165, 1.54) is 0 Å². The van der Waals surface area contributed by atoms with Crippen molar-refractivity contribution in [3.8, 4) is 22.6 Å². The summed E-state index contributed by atoms with van der Waals surface area (Å²) in [6, 6.07) is 15.5. The second kappa shape index (κ2) is 6.73. The lowest BCUT2D eigenvalue weighted by Crippen LogP contribution is -2.29. The van der Waals surface area contributed by atoms with Gasteiger partial charge in [0.1, 0.15) is 5.75 Å². The lowest BCUT2D eigenvalue weighted by atomic mass is 9.88. The zero-order chi connectivity index (χ0) is 19.9. The molecule has 0 atom stereocenters. The van der Waals surface area contributed by atoms with Crippen LogP contribution in [0.2, 0.25) is 0 Å². The maximum Gasteiger partial charge on any atom is 0.266 e. The zero-order valence-electron chi connectivity index (χ0n) is 16.9. The van der Waals surface area contributed by atoms with Crippen LogP contribution in [0.15, 0.2) is 53.3 Å². The van der Waals surface area contributed by atoms with Gasteiger partial charge >= 0.3 is 0 Å². The van der Waals surface area contributed by atoms with E-state index in [2.05, 4.69) is 0 Å². The molecule has 0 saturated heterocycles. The van der Waals surface area contributed by atoms with Crippen LogP contribution in [0, 0.1) is 20.8 Å². The third-order valence-electron chi connectivity index (χ3n) is 4.90. The molecule has 3 nitrogen and oxygen atoms in total. The van der Waals surface area contributed by atoms with Crippen molar-refractivity contribution in [2.45, 2.75) is 47.0 Å². The monoisotopic (exact) mass is 361 g/mol. The molecule has 1 N–H and O–H groups in total. The number of benzene rings is 2. The Balaban J connectivity index is 2.45. The molecular formula is C24H27NO2. The second-order valence-electron chi connectivity index (χ2n) is 8.29. The zero-order valence-corrected chi connectivity index (χ0v) is 16.9. The lowest BCUT2D eigenvalue weighted by Gasteiger charge is -2.26. The topological polar surface area (TPSA) is 42.2 Å². The van der Waals surface area contributed by atoms with E-state index in [4.69, 9.17) is 0 Å². The van der Waals surface area contributed by atoms with Gasteiger partial charge in [-0.2, -0.15) is 0 Å². The highest BCUT2D eigenvalue weighted by Crippen LogP contribution is 2.35. The van der Waals surface area contributed by atoms with E-state index in [-0.39, 0.29) is 16.7 Å². The van der Waals surface area contributed by atoms with E-state index in [0.717, 1.165) is 33.6 Å². The van der Waals surface area contributed by atoms with E-state index in [0.29, 0.717) is 5.56 Å². The molecule has 3 heteroatoms. The summed E-state index contributed by atoms with van der Waals surface area (Å²) in [5, 5.41) is 10.9. The first-order chi connectivity index (χ1) is 12.6. The molecule has 3 rings (SSSR count). The van der Waals surface area contributed by atoms with Crippen LogP contribution in [0.1, 0.15) is 43.2 Å². The summed E-state index contributed by atoms with van der Waals surface area (Å²) in [7, 11) is 0. The molecule has 0 unspecified atom stereocenters. The smallest absolute Gasteiger partial charge is 0.266 e. The summed E-state index contributed by atoms with van der Waals surface area (Å²) in [6.45, 7) is 12.1. The maximum atomic E-state index is 13.7. The van der Waals surface area contributed by atoms with Crippen molar-refractivity contribution < 1.29 is 5.11 Å². The predicted molar refractivity (Wildman–Crippen MR) is 112 cm³/mol. The van der Waals surface area contributed by atoms with Gasteiger partial charge in [-0.1, -0.05) is 56.7 Å². The summed E-state index contributed by atoms with van der Waals surface area (Å²) in [5.74, 6) is 0.0344. The quantitative estimate of drug-likeness (QED) is 0.661. The molecule has 0 fully saturated rings. The van der Waals surface area contributed by atoms with Crippen molar-refractivity contribution in [1.29, 1.82) is 0 Å². The van der Waals surface area contributed by atoms with Crippen LogP contribution < -0.4 is 5.56 Å². The summed E-state index contributed by atoms with van der Waals surface area (Å²) in [6.07, 6.45) is 0. The van der Waals surface area contributed by atoms with Crippen molar-refractivity contribution in [2.75, 3.05) is 0 Å². The number of hydrogen-bond donors (Lipinski definition) is 1. The average Bonchev–Trinajstić information content (AvgIpc) is 2.56. The predicted octanol–water partition coefficient (Wildman–Crippen LogP) is 5.43. The van der Waals surface area contributed by atoms with Gasteiger partial charge in [0.15, 0.2) is 0 Å². The molecular weight excluding hydrogens is 334 g/mol. The van der Waals surface area contributed by atoms with Crippen molar-refractivity contribution in [1.82, 2.24) is 4.57 Å². The van der Waals surface area contributed by atoms with Gasteiger partial charge in [-0.05, 0) is 49.6 Å². The van der Waals surface area contributed by atoms with Gasteiger partial charge in [0, 0.05) is 22.9 Å². The van der Waals surface area contributed by atoms with Crippen LogP contribution >= 0.6 is 0 Å². The Morgan fingerprint density at radius 2 is 1.41 bits per heavy atom. The largest absolute Gasteiger partial charge is 0.507 e. The van der Waals surface area contributed by atoms with Crippen LogP contribution in [0.3, 0.4) is 0 Å². The van der Waals surface area contributed by atoms with Gasteiger partial charge in [-0.15, -0.1) is 0 Å². The van der Waals surface area contributed by atoms with Gasteiger partial charge in [-0.3, -0.25) is 9.36 Å². The second-order valence-corrected chi connectivity index (χ2v) is 8.29. The number of aryl methyl sites for hydroxylation is 3. The lowest BCUT2D eigenvalue weighted by molar-refractivity contribution is 0.465. The van der Waals surface area contributed by atoms with Crippen molar-refractivity contribution >= 4 is 0 Å². The van der Waals surface area contributed by atoms with Gasteiger partial charge in [-0.25, -0.2) is 0 Å². The molecule has 140 valence electrons. The highest BCUT2D eigenvalue weighted by Gasteiger charge is 2.25. The Bertz CT molecular complexity index is 1030. The Kier molecular flexibility index (Phi) is 4.73. The molecule has 0 aliphatic carbocycles. The molecule has 0 spiro atoms.